The zero-order chi connectivity index (χ0) is 14.9. The average molecular weight is 346 g/mol. The molecule has 1 atom stereocenters. The summed E-state index contributed by atoms with van der Waals surface area (Å²) in [5.74, 6) is -0.250. The van der Waals surface area contributed by atoms with Gasteiger partial charge in [-0.15, -0.1) is 0 Å². The number of halogens is 1. The van der Waals surface area contributed by atoms with Crippen LogP contribution < -0.4 is 0 Å². The third-order valence-electron chi connectivity index (χ3n) is 3.05. The molecule has 1 fully saturated rings. The second-order valence-electron chi connectivity index (χ2n) is 5.37. The Morgan fingerprint density at radius 1 is 1.70 bits per heavy atom. The minimum absolute atomic E-state index is 0.0901. The van der Waals surface area contributed by atoms with Crippen LogP contribution in [0.3, 0.4) is 0 Å². The molecule has 2 heterocycles. The number of ether oxygens (including phenoxy) is 1. The Morgan fingerprint density at radius 3 is 2.95 bits per heavy atom. The Morgan fingerprint density at radius 2 is 2.40 bits per heavy atom. The first-order chi connectivity index (χ1) is 9.32. The summed E-state index contributed by atoms with van der Waals surface area (Å²) in [6.07, 6.45) is 1.13. The van der Waals surface area contributed by atoms with E-state index < -0.39 is 10.5 Å². The molecule has 1 aliphatic heterocycles. The monoisotopic (exact) mass is 345 g/mol. The highest BCUT2D eigenvalue weighted by molar-refractivity contribution is 9.09. The number of morpholine rings is 1. The number of hydrogen-bond donors (Lipinski definition) is 1. The van der Waals surface area contributed by atoms with Crippen molar-refractivity contribution in [2.45, 2.75) is 25.6 Å². The molecule has 0 spiro atoms. The van der Waals surface area contributed by atoms with Crippen LogP contribution in [0.15, 0.2) is 12.3 Å². The van der Waals surface area contributed by atoms with E-state index in [0.717, 1.165) is 0 Å². The zero-order valence-corrected chi connectivity index (χ0v) is 12.8. The molecular formula is C12H16BrN3O4. The third-order valence-corrected chi connectivity index (χ3v) is 3.77. The van der Waals surface area contributed by atoms with Crippen molar-refractivity contribution in [1.29, 1.82) is 0 Å². The second-order valence-corrected chi connectivity index (χ2v) is 6.02. The van der Waals surface area contributed by atoms with Gasteiger partial charge in [0.05, 0.1) is 22.8 Å². The van der Waals surface area contributed by atoms with E-state index in [9.17, 15) is 14.9 Å². The standard InChI is InChI=1S/C12H16BrN3O4/c1-12(2)7-15(6-9(4-13)20-12)11(17)10-3-8(5-14-10)16(18)19/h3,5,9,14H,4,6-7H2,1-2H3. The van der Waals surface area contributed by atoms with Crippen LogP contribution in [0.1, 0.15) is 24.3 Å². The molecule has 0 aliphatic carbocycles. The molecule has 20 heavy (non-hydrogen) atoms. The number of hydrogen-bond acceptors (Lipinski definition) is 4. The van der Waals surface area contributed by atoms with E-state index in [1.807, 2.05) is 13.8 Å². The molecule has 8 heteroatoms. The van der Waals surface area contributed by atoms with Crippen molar-refractivity contribution < 1.29 is 14.5 Å². The molecule has 0 saturated carbocycles. The SMILES string of the molecule is CC1(C)CN(C(=O)c2cc([N+](=O)[O-])c[nH]2)CC(CBr)O1. The van der Waals surface area contributed by atoms with Gasteiger partial charge < -0.3 is 14.6 Å². The molecule has 1 aliphatic rings. The minimum atomic E-state index is -0.530. The molecule has 0 radical (unpaired) electrons. The van der Waals surface area contributed by atoms with Gasteiger partial charge in [0.15, 0.2) is 0 Å². The molecule has 1 N–H and O–H groups in total. The van der Waals surface area contributed by atoms with Crippen molar-refractivity contribution in [3.05, 3.63) is 28.1 Å². The van der Waals surface area contributed by atoms with Crippen LogP contribution in [0.4, 0.5) is 5.69 Å². The first kappa shape index (κ1) is 15.0. The van der Waals surface area contributed by atoms with Crippen LogP contribution in [-0.4, -0.2) is 50.8 Å². The van der Waals surface area contributed by atoms with Gasteiger partial charge in [-0.05, 0) is 13.8 Å². The number of nitro groups is 1. The fraction of sp³-hybridized carbons (Fsp3) is 0.583. The second kappa shape index (κ2) is 5.53. The average Bonchev–Trinajstić information content (AvgIpc) is 2.85. The Kier molecular flexibility index (Phi) is 4.14. The summed E-state index contributed by atoms with van der Waals surface area (Å²) in [5.41, 5.74) is -0.328. The number of carbonyl (C=O) groups excluding carboxylic acids is 1. The predicted octanol–water partition coefficient (Wildman–Crippen LogP) is 1.94. The largest absolute Gasteiger partial charge is 0.368 e. The molecule has 0 bridgehead atoms. The summed E-state index contributed by atoms with van der Waals surface area (Å²) in [6, 6.07) is 1.26. The van der Waals surface area contributed by atoms with Crippen LogP contribution in [0.25, 0.3) is 0 Å². The number of aromatic nitrogens is 1. The summed E-state index contributed by atoms with van der Waals surface area (Å²) < 4.78 is 5.82. The normalized spacial score (nSPS) is 21.8. The van der Waals surface area contributed by atoms with Crippen LogP contribution in [0.5, 0.6) is 0 Å². The van der Waals surface area contributed by atoms with Crippen molar-refractivity contribution >= 4 is 27.5 Å². The third kappa shape index (κ3) is 3.18. The number of aromatic amines is 1. The predicted molar refractivity (Wildman–Crippen MR) is 76.1 cm³/mol. The Balaban J connectivity index is 2.16. The van der Waals surface area contributed by atoms with Crippen molar-refractivity contribution in [3.8, 4) is 0 Å². The van der Waals surface area contributed by atoms with Gasteiger partial charge in [-0.1, -0.05) is 15.9 Å². The van der Waals surface area contributed by atoms with Crippen LogP contribution in [0, 0.1) is 10.1 Å². The topological polar surface area (TPSA) is 88.5 Å². The molecule has 1 saturated heterocycles. The lowest BCUT2D eigenvalue weighted by atomic mass is 10.1. The van der Waals surface area contributed by atoms with E-state index in [1.54, 1.807) is 4.90 Å². The van der Waals surface area contributed by atoms with Crippen LogP contribution in [0.2, 0.25) is 0 Å². The molecule has 7 nitrogen and oxygen atoms in total. The minimum Gasteiger partial charge on any atom is -0.368 e. The van der Waals surface area contributed by atoms with Crippen LogP contribution >= 0.6 is 15.9 Å². The van der Waals surface area contributed by atoms with E-state index in [1.165, 1.54) is 12.3 Å². The number of carbonyl (C=O) groups is 1. The lowest BCUT2D eigenvalue weighted by Gasteiger charge is -2.42. The number of nitrogens with zero attached hydrogens (tertiary/aromatic N) is 2. The van der Waals surface area contributed by atoms with Gasteiger partial charge in [-0.2, -0.15) is 0 Å². The van der Waals surface area contributed by atoms with Crippen molar-refractivity contribution in [1.82, 2.24) is 9.88 Å². The van der Waals surface area contributed by atoms with Gasteiger partial charge in [-0.3, -0.25) is 14.9 Å². The lowest BCUT2D eigenvalue weighted by molar-refractivity contribution is -0.384. The highest BCUT2D eigenvalue weighted by Crippen LogP contribution is 2.24. The Labute approximate surface area is 124 Å². The molecule has 1 aromatic heterocycles. The van der Waals surface area contributed by atoms with E-state index in [2.05, 4.69) is 20.9 Å². The number of H-pyrrole nitrogens is 1. The Bertz CT molecular complexity index is 529. The molecule has 1 amide bonds. The quantitative estimate of drug-likeness (QED) is 0.515. The van der Waals surface area contributed by atoms with Crippen LogP contribution in [-0.2, 0) is 4.74 Å². The van der Waals surface area contributed by atoms with Gasteiger partial charge >= 0.3 is 0 Å². The Hall–Kier alpha value is -1.41. The molecule has 2 rings (SSSR count). The highest BCUT2D eigenvalue weighted by Gasteiger charge is 2.36. The summed E-state index contributed by atoms with van der Waals surface area (Å²) in [7, 11) is 0. The fourth-order valence-electron chi connectivity index (χ4n) is 2.31. The molecule has 0 aromatic carbocycles. The molecular weight excluding hydrogens is 330 g/mol. The van der Waals surface area contributed by atoms with E-state index in [-0.39, 0.29) is 23.4 Å². The number of rotatable bonds is 3. The van der Waals surface area contributed by atoms with Crippen molar-refractivity contribution in [3.63, 3.8) is 0 Å². The van der Waals surface area contributed by atoms with E-state index >= 15 is 0 Å². The number of alkyl halides is 1. The van der Waals surface area contributed by atoms with Crippen molar-refractivity contribution in [2.24, 2.45) is 0 Å². The maximum Gasteiger partial charge on any atom is 0.287 e. The zero-order valence-electron chi connectivity index (χ0n) is 11.3. The van der Waals surface area contributed by atoms with Gasteiger partial charge in [0.1, 0.15) is 5.69 Å². The summed E-state index contributed by atoms with van der Waals surface area (Å²) in [4.78, 5) is 26.8. The van der Waals surface area contributed by atoms with Crippen molar-refractivity contribution in [2.75, 3.05) is 18.4 Å². The highest BCUT2D eigenvalue weighted by atomic mass is 79.9. The summed E-state index contributed by atoms with van der Waals surface area (Å²) in [5, 5.41) is 11.3. The van der Waals surface area contributed by atoms with E-state index in [4.69, 9.17) is 4.74 Å². The number of nitrogens with one attached hydrogen (secondary N) is 1. The van der Waals surface area contributed by atoms with Gasteiger partial charge in [0, 0.05) is 24.5 Å². The number of amides is 1. The van der Waals surface area contributed by atoms with Gasteiger partial charge in [0.2, 0.25) is 0 Å². The molecule has 1 unspecified atom stereocenters. The van der Waals surface area contributed by atoms with Gasteiger partial charge in [-0.25, -0.2) is 0 Å². The maximum atomic E-state index is 12.4. The maximum absolute atomic E-state index is 12.4. The lowest BCUT2D eigenvalue weighted by Crippen LogP contribution is -2.55. The molecule has 110 valence electrons. The molecule has 1 aromatic rings. The van der Waals surface area contributed by atoms with Gasteiger partial charge in [0.25, 0.3) is 11.6 Å². The fourth-order valence-corrected chi connectivity index (χ4v) is 2.65. The van der Waals surface area contributed by atoms with E-state index in [0.29, 0.717) is 18.4 Å². The first-order valence-corrected chi connectivity index (χ1v) is 7.30. The summed E-state index contributed by atoms with van der Waals surface area (Å²) >= 11 is 3.36. The smallest absolute Gasteiger partial charge is 0.287 e. The summed E-state index contributed by atoms with van der Waals surface area (Å²) in [6.45, 7) is 4.74. The first-order valence-electron chi connectivity index (χ1n) is 6.18.